The summed E-state index contributed by atoms with van der Waals surface area (Å²) in [5.74, 6) is 6.14. The number of benzene rings is 2. The fraction of sp³-hybridized carbons (Fsp3) is 0.462. The van der Waals surface area contributed by atoms with Gasteiger partial charge in [0.25, 0.3) is 0 Å². The van der Waals surface area contributed by atoms with Crippen molar-refractivity contribution >= 4 is 0 Å². The van der Waals surface area contributed by atoms with Gasteiger partial charge in [-0.2, -0.15) is 0 Å². The van der Waals surface area contributed by atoms with Crippen molar-refractivity contribution in [2.45, 2.75) is 38.2 Å². The molecule has 0 bridgehead atoms. The average molecular weight is 472 g/mol. The van der Waals surface area contributed by atoms with Crippen molar-refractivity contribution in [1.82, 2.24) is 5.48 Å². The Hall–Kier alpha value is -3.28. The van der Waals surface area contributed by atoms with Crippen molar-refractivity contribution in [1.29, 1.82) is 0 Å². The highest BCUT2D eigenvalue weighted by Gasteiger charge is 2.31. The second kappa shape index (κ2) is 12.3. The van der Waals surface area contributed by atoms with Gasteiger partial charge in [-0.15, -0.1) is 0 Å². The Bertz CT molecular complexity index is 1000. The van der Waals surface area contributed by atoms with E-state index in [0.29, 0.717) is 48.4 Å². The fourth-order valence-electron chi connectivity index (χ4n) is 4.13. The van der Waals surface area contributed by atoms with Crippen molar-refractivity contribution in [3.63, 3.8) is 0 Å². The number of rotatable bonds is 10. The summed E-state index contributed by atoms with van der Waals surface area (Å²) in [6, 6.07) is 10.4. The van der Waals surface area contributed by atoms with Crippen LogP contribution in [0.5, 0.6) is 28.7 Å². The van der Waals surface area contributed by atoms with Crippen LogP contribution in [0.1, 0.15) is 48.5 Å². The molecule has 34 heavy (non-hydrogen) atoms. The minimum atomic E-state index is -0.123. The molecule has 0 aliphatic carbocycles. The number of hydroxylamine groups is 1. The van der Waals surface area contributed by atoms with E-state index in [2.05, 4.69) is 25.0 Å². The highest BCUT2D eigenvalue weighted by molar-refractivity contribution is 5.55. The molecule has 8 nitrogen and oxygen atoms in total. The molecule has 1 saturated heterocycles. The minimum absolute atomic E-state index is 0.123. The van der Waals surface area contributed by atoms with Crippen LogP contribution in [0.25, 0.3) is 0 Å². The standard InChI is InChI=1S/C26H33NO7/c1-6-10-33-25-17(8-7-9-27-28)11-18(12-22(25)29-2)20-15-21(34-16-20)19-13-23(30-3)26(32-5)24(14-19)31-4/h11-14,20-21,27-28H,6,8,10,15-16H2,1-5H3. The summed E-state index contributed by atoms with van der Waals surface area (Å²) < 4.78 is 34.3. The van der Waals surface area contributed by atoms with Crippen LogP contribution in [0.4, 0.5) is 0 Å². The molecular formula is C26H33NO7. The monoisotopic (exact) mass is 471 g/mol. The maximum Gasteiger partial charge on any atom is 0.203 e. The van der Waals surface area contributed by atoms with Crippen molar-refractivity contribution < 1.29 is 33.6 Å². The number of hydrogen-bond donors (Lipinski definition) is 2. The van der Waals surface area contributed by atoms with E-state index in [1.165, 1.54) is 0 Å². The maximum atomic E-state index is 8.81. The van der Waals surface area contributed by atoms with Gasteiger partial charge in [0, 0.05) is 23.9 Å². The first-order valence-electron chi connectivity index (χ1n) is 11.2. The van der Waals surface area contributed by atoms with Crippen LogP contribution in [0.2, 0.25) is 0 Å². The fourth-order valence-corrected chi connectivity index (χ4v) is 4.13. The van der Waals surface area contributed by atoms with Gasteiger partial charge in [-0.25, -0.2) is 5.48 Å². The molecular weight excluding hydrogens is 438 g/mol. The Kier molecular flexibility index (Phi) is 9.14. The van der Waals surface area contributed by atoms with Gasteiger partial charge in [0.15, 0.2) is 23.0 Å². The van der Waals surface area contributed by atoms with Crippen LogP contribution in [0.3, 0.4) is 0 Å². The first-order valence-corrected chi connectivity index (χ1v) is 11.2. The van der Waals surface area contributed by atoms with Gasteiger partial charge >= 0.3 is 0 Å². The Labute approximate surface area is 201 Å². The van der Waals surface area contributed by atoms with Gasteiger partial charge in [0.1, 0.15) is 0 Å². The molecule has 2 unspecified atom stereocenters. The summed E-state index contributed by atoms with van der Waals surface area (Å²) in [6.45, 7) is 3.18. The summed E-state index contributed by atoms with van der Waals surface area (Å²) in [7, 11) is 6.42. The van der Waals surface area contributed by atoms with Gasteiger partial charge in [-0.1, -0.05) is 18.9 Å². The van der Waals surface area contributed by atoms with Crippen LogP contribution in [-0.4, -0.2) is 46.9 Å². The van der Waals surface area contributed by atoms with E-state index in [-0.39, 0.29) is 12.0 Å². The maximum absolute atomic E-state index is 8.81. The molecule has 184 valence electrons. The normalized spacial score (nSPS) is 16.9. The third kappa shape index (κ3) is 5.61. The van der Waals surface area contributed by atoms with Crippen molar-refractivity contribution in [3.05, 3.63) is 41.0 Å². The number of nitrogens with one attached hydrogen (secondary N) is 1. The molecule has 2 aromatic carbocycles. The summed E-state index contributed by atoms with van der Waals surface area (Å²) >= 11 is 0. The summed E-state index contributed by atoms with van der Waals surface area (Å²) in [4.78, 5) is 0. The smallest absolute Gasteiger partial charge is 0.203 e. The highest BCUT2D eigenvalue weighted by Crippen LogP contribution is 2.46. The summed E-state index contributed by atoms with van der Waals surface area (Å²) in [5.41, 5.74) is 4.82. The molecule has 1 fully saturated rings. The third-order valence-corrected chi connectivity index (χ3v) is 5.78. The molecule has 0 amide bonds. The lowest BCUT2D eigenvalue weighted by atomic mass is 9.91. The zero-order chi connectivity index (χ0) is 24.5. The molecule has 0 saturated carbocycles. The second-order valence-electron chi connectivity index (χ2n) is 7.86. The second-order valence-corrected chi connectivity index (χ2v) is 7.86. The third-order valence-electron chi connectivity index (χ3n) is 5.78. The Balaban J connectivity index is 1.90. The van der Waals surface area contributed by atoms with E-state index >= 15 is 0 Å². The van der Waals surface area contributed by atoms with Crippen LogP contribution in [-0.2, 0) is 11.2 Å². The van der Waals surface area contributed by atoms with Crippen molar-refractivity contribution in [3.8, 4) is 40.7 Å². The lowest BCUT2D eigenvalue weighted by Crippen LogP contribution is -2.05. The molecule has 0 aromatic heterocycles. The van der Waals surface area contributed by atoms with E-state index in [9.17, 15) is 0 Å². The van der Waals surface area contributed by atoms with E-state index in [1.54, 1.807) is 28.4 Å². The van der Waals surface area contributed by atoms with Crippen LogP contribution in [0.15, 0.2) is 24.3 Å². The van der Waals surface area contributed by atoms with Crippen LogP contribution < -0.4 is 29.2 Å². The molecule has 2 atom stereocenters. The number of ether oxygens (including phenoxy) is 6. The predicted molar refractivity (Wildman–Crippen MR) is 127 cm³/mol. The van der Waals surface area contributed by atoms with Gasteiger partial charge < -0.3 is 28.4 Å². The van der Waals surface area contributed by atoms with E-state index in [4.69, 9.17) is 33.6 Å². The van der Waals surface area contributed by atoms with E-state index in [1.807, 2.05) is 23.7 Å². The molecule has 1 aliphatic heterocycles. The quantitative estimate of drug-likeness (QED) is 0.302. The first-order chi connectivity index (χ1) is 16.6. The molecule has 1 heterocycles. The van der Waals surface area contributed by atoms with Crippen LogP contribution >= 0.6 is 0 Å². The SMILES string of the molecule is CCCOc1c(CC#CNO)cc(C2COC(c3cc(OC)c(OC)c(OC)c3)C2)cc1OC. The molecule has 2 aromatic rings. The van der Waals surface area contributed by atoms with Crippen LogP contribution in [0, 0.1) is 12.0 Å². The molecule has 0 spiro atoms. The van der Waals surface area contributed by atoms with E-state index < -0.39 is 0 Å². The molecule has 3 rings (SSSR count). The Morgan fingerprint density at radius 1 is 0.941 bits per heavy atom. The largest absolute Gasteiger partial charge is 0.493 e. The lowest BCUT2D eigenvalue weighted by molar-refractivity contribution is 0.110. The molecule has 1 aliphatic rings. The van der Waals surface area contributed by atoms with Gasteiger partial charge in [-0.3, -0.25) is 5.21 Å². The molecule has 0 radical (unpaired) electrons. The highest BCUT2D eigenvalue weighted by atomic mass is 16.5. The van der Waals surface area contributed by atoms with Gasteiger partial charge in [-0.05, 0) is 42.2 Å². The molecule has 8 heteroatoms. The first kappa shape index (κ1) is 25.3. The summed E-state index contributed by atoms with van der Waals surface area (Å²) in [5, 5.41) is 8.81. The Morgan fingerprint density at radius 2 is 1.59 bits per heavy atom. The predicted octanol–water partition coefficient (Wildman–Crippen LogP) is 4.24. The zero-order valence-corrected chi connectivity index (χ0v) is 20.4. The molecule has 2 N–H and O–H groups in total. The lowest BCUT2D eigenvalue weighted by Gasteiger charge is -2.18. The Morgan fingerprint density at radius 3 is 2.18 bits per heavy atom. The van der Waals surface area contributed by atoms with Gasteiger partial charge in [0.05, 0.1) is 47.8 Å². The van der Waals surface area contributed by atoms with Gasteiger partial charge in [0.2, 0.25) is 5.75 Å². The van der Waals surface area contributed by atoms with E-state index in [0.717, 1.165) is 29.5 Å². The van der Waals surface area contributed by atoms with Crippen molar-refractivity contribution in [2.75, 3.05) is 41.7 Å². The average Bonchev–Trinajstić information content (AvgIpc) is 3.37. The number of methoxy groups -OCH3 is 4. The zero-order valence-electron chi connectivity index (χ0n) is 20.4. The minimum Gasteiger partial charge on any atom is -0.493 e. The number of hydrogen-bond acceptors (Lipinski definition) is 8. The van der Waals surface area contributed by atoms with Crippen molar-refractivity contribution in [2.24, 2.45) is 0 Å². The topological polar surface area (TPSA) is 87.6 Å². The summed E-state index contributed by atoms with van der Waals surface area (Å²) in [6.07, 6.45) is 1.94.